The second kappa shape index (κ2) is 9.20. The van der Waals surface area contributed by atoms with Crippen molar-refractivity contribution in [2.75, 3.05) is 6.54 Å². The van der Waals surface area contributed by atoms with Crippen LogP contribution in [0.25, 0.3) is 10.9 Å². The van der Waals surface area contributed by atoms with Gasteiger partial charge in [0, 0.05) is 19.2 Å². The lowest BCUT2D eigenvalue weighted by molar-refractivity contribution is 0.0647. The molecule has 0 bridgehead atoms. The second-order valence-corrected chi connectivity index (χ2v) is 7.96. The number of aromatic nitrogens is 2. The van der Waals surface area contributed by atoms with Crippen molar-refractivity contribution in [3.63, 3.8) is 0 Å². The number of carbonyl (C=O) groups is 1. The summed E-state index contributed by atoms with van der Waals surface area (Å²) in [6.45, 7) is 6.71. The van der Waals surface area contributed by atoms with E-state index in [-0.39, 0.29) is 23.3 Å². The number of para-hydroxylation sites is 1. The van der Waals surface area contributed by atoms with Crippen molar-refractivity contribution in [2.24, 2.45) is 13.0 Å². The first-order valence-electron chi connectivity index (χ1n) is 10.4. The Kier molecular flexibility index (Phi) is 6.65. The van der Waals surface area contributed by atoms with Gasteiger partial charge in [-0.3, -0.25) is 14.2 Å². The molecule has 0 N–H and O–H groups in total. The molecule has 3 aromatic rings. The van der Waals surface area contributed by atoms with Crippen LogP contribution >= 0.6 is 0 Å². The maximum atomic E-state index is 13.4. The number of hydrogen-bond donors (Lipinski definition) is 0. The summed E-state index contributed by atoms with van der Waals surface area (Å²) in [6, 6.07) is 12.4. The molecule has 1 atom stereocenters. The third kappa shape index (κ3) is 4.42. The van der Waals surface area contributed by atoms with Gasteiger partial charge in [0.25, 0.3) is 11.5 Å². The van der Waals surface area contributed by atoms with Gasteiger partial charge >= 0.3 is 0 Å². The number of rotatable bonds is 7. The van der Waals surface area contributed by atoms with Crippen molar-refractivity contribution in [2.45, 2.75) is 39.7 Å². The molecule has 5 nitrogen and oxygen atoms in total. The van der Waals surface area contributed by atoms with Gasteiger partial charge in [0.1, 0.15) is 11.6 Å². The van der Waals surface area contributed by atoms with E-state index in [0.29, 0.717) is 41.2 Å². The summed E-state index contributed by atoms with van der Waals surface area (Å²) in [7, 11) is 1.70. The Balaban J connectivity index is 2.09. The molecule has 0 saturated heterocycles. The molecule has 3 rings (SSSR count). The van der Waals surface area contributed by atoms with Gasteiger partial charge < -0.3 is 4.90 Å². The van der Waals surface area contributed by atoms with Gasteiger partial charge in [-0.25, -0.2) is 9.37 Å². The molecule has 0 fully saturated rings. The normalized spacial score (nSPS) is 12.3. The highest BCUT2D eigenvalue weighted by Crippen LogP contribution is 2.26. The number of carbonyl (C=O) groups excluding carboxylic acids is 1. The summed E-state index contributed by atoms with van der Waals surface area (Å²) in [4.78, 5) is 32.8. The molecular weight excluding hydrogens is 381 g/mol. The Bertz CT molecular complexity index is 1090. The molecule has 1 aromatic heterocycles. The lowest BCUT2D eigenvalue weighted by atomic mass is 10.1. The molecule has 30 heavy (non-hydrogen) atoms. The van der Waals surface area contributed by atoms with Crippen molar-refractivity contribution in [1.29, 1.82) is 0 Å². The first kappa shape index (κ1) is 21.7. The highest BCUT2D eigenvalue weighted by molar-refractivity contribution is 5.94. The van der Waals surface area contributed by atoms with E-state index in [9.17, 15) is 14.0 Å². The average Bonchev–Trinajstić information content (AvgIpc) is 2.74. The summed E-state index contributed by atoms with van der Waals surface area (Å²) in [5.74, 6) is 0.385. The summed E-state index contributed by atoms with van der Waals surface area (Å²) in [5, 5.41) is 0.553. The van der Waals surface area contributed by atoms with Crippen molar-refractivity contribution in [3.8, 4) is 0 Å². The number of amides is 1. The van der Waals surface area contributed by atoms with Gasteiger partial charge in [-0.15, -0.1) is 0 Å². The minimum Gasteiger partial charge on any atom is -0.328 e. The number of hydrogen-bond acceptors (Lipinski definition) is 3. The lowest BCUT2D eigenvalue weighted by Crippen LogP contribution is -2.39. The first-order chi connectivity index (χ1) is 14.3. The van der Waals surface area contributed by atoms with Crippen LogP contribution in [-0.2, 0) is 7.05 Å². The van der Waals surface area contributed by atoms with Crippen LogP contribution in [0.15, 0.2) is 53.3 Å². The summed E-state index contributed by atoms with van der Waals surface area (Å²) < 4.78 is 14.9. The van der Waals surface area contributed by atoms with Crippen molar-refractivity contribution >= 4 is 16.8 Å². The van der Waals surface area contributed by atoms with E-state index in [1.54, 1.807) is 18.0 Å². The molecule has 0 aliphatic carbocycles. The van der Waals surface area contributed by atoms with E-state index in [1.807, 2.05) is 25.1 Å². The predicted molar refractivity (Wildman–Crippen MR) is 117 cm³/mol. The minimum absolute atomic E-state index is 0.132. The Labute approximate surface area is 176 Å². The Morgan fingerprint density at radius 2 is 1.80 bits per heavy atom. The molecular formula is C24H28FN3O2. The number of nitrogens with zero attached hydrogens (tertiary/aromatic N) is 3. The van der Waals surface area contributed by atoms with Gasteiger partial charge in [0.15, 0.2) is 0 Å². The molecule has 0 saturated carbocycles. The maximum Gasteiger partial charge on any atom is 0.261 e. The molecule has 2 aromatic carbocycles. The standard InChI is InChI=1S/C24H28FN3O2/c1-5-21(22-26-20-9-7-6-8-19(20)24(30)27(22)4)28(15-14-16(2)3)23(29)17-10-12-18(25)13-11-17/h6-13,16,21H,5,14-15H2,1-4H3. The zero-order chi connectivity index (χ0) is 21.8. The van der Waals surface area contributed by atoms with Crippen LogP contribution in [0.2, 0.25) is 0 Å². The van der Waals surface area contributed by atoms with Crippen LogP contribution in [0.3, 0.4) is 0 Å². The third-order valence-electron chi connectivity index (χ3n) is 5.38. The summed E-state index contributed by atoms with van der Waals surface area (Å²) in [5.41, 5.74) is 0.906. The van der Waals surface area contributed by atoms with Crippen molar-refractivity contribution in [3.05, 3.63) is 76.1 Å². The predicted octanol–water partition coefficient (Wildman–Crippen LogP) is 4.71. The smallest absolute Gasteiger partial charge is 0.261 e. The van der Waals surface area contributed by atoms with Crippen LogP contribution in [-0.4, -0.2) is 26.9 Å². The van der Waals surface area contributed by atoms with Gasteiger partial charge in [-0.05, 0) is 55.2 Å². The van der Waals surface area contributed by atoms with E-state index in [2.05, 4.69) is 13.8 Å². The van der Waals surface area contributed by atoms with Crippen molar-refractivity contribution in [1.82, 2.24) is 14.5 Å². The SMILES string of the molecule is CCC(c1nc2ccccc2c(=O)n1C)N(CCC(C)C)C(=O)c1ccc(F)cc1. The zero-order valence-corrected chi connectivity index (χ0v) is 17.9. The van der Waals surface area contributed by atoms with Crippen LogP contribution in [0.1, 0.15) is 55.8 Å². The number of fused-ring (bicyclic) bond motifs is 1. The highest BCUT2D eigenvalue weighted by Gasteiger charge is 2.28. The monoisotopic (exact) mass is 409 g/mol. The molecule has 0 spiro atoms. The Morgan fingerprint density at radius 3 is 2.43 bits per heavy atom. The maximum absolute atomic E-state index is 13.4. The number of benzene rings is 2. The quantitative estimate of drug-likeness (QED) is 0.568. The molecule has 0 aliphatic rings. The van der Waals surface area contributed by atoms with E-state index in [1.165, 1.54) is 28.8 Å². The Hall–Kier alpha value is -3.02. The molecule has 1 amide bonds. The number of halogens is 1. The first-order valence-corrected chi connectivity index (χ1v) is 10.4. The van der Waals surface area contributed by atoms with Crippen LogP contribution < -0.4 is 5.56 Å². The fraction of sp³-hybridized carbons (Fsp3) is 0.375. The molecule has 0 aliphatic heterocycles. The average molecular weight is 410 g/mol. The van der Waals surface area contributed by atoms with Crippen LogP contribution in [0.5, 0.6) is 0 Å². The minimum atomic E-state index is -0.383. The summed E-state index contributed by atoms with van der Waals surface area (Å²) >= 11 is 0. The largest absolute Gasteiger partial charge is 0.328 e. The van der Waals surface area contributed by atoms with Gasteiger partial charge in [0.05, 0.1) is 16.9 Å². The third-order valence-corrected chi connectivity index (χ3v) is 5.38. The van der Waals surface area contributed by atoms with E-state index >= 15 is 0 Å². The topological polar surface area (TPSA) is 55.2 Å². The summed E-state index contributed by atoms with van der Waals surface area (Å²) in [6.07, 6.45) is 1.41. The second-order valence-electron chi connectivity index (χ2n) is 7.96. The fourth-order valence-corrected chi connectivity index (χ4v) is 3.63. The Morgan fingerprint density at radius 1 is 1.13 bits per heavy atom. The van der Waals surface area contributed by atoms with E-state index < -0.39 is 0 Å². The van der Waals surface area contributed by atoms with Crippen LogP contribution in [0, 0.1) is 11.7 Å². The van der Waals surface area contributed by atoms with E-state index in [4.69, 9.17) is 4.98 Å². The van der Waals surface area contributed by atoms with Crippen LogP contribution in [0.4, 0.5) is 4.39 Å². The molecule has 1 unspecified atom stereocenters. The zero-order valence-electron chi connectivity index (χ0n) is 17.9. The van der Waals surface area contributed by atoms with Crippen molar-refractivity contribution < 1.29 is 9.18 Å². The molecule has 1 heterocycles. The molecule has 6 heteroatoms. The molecule has 0 radical (unpaired) electrons. The highest BCUT2D eigenvalue weighted by atomic mass is 19.1. The fourth-order valence-electron chi connectivity index (χ4n) is 3.63. The molecule has 158 valence electrons. The van der Waals surface area contributed by atoms with Gasteiger partial charge in [-0.2, -0.15) is 0 Å². The van der Waals surface area contributed by atoms with Gasteiger partial charge in [0.2, 0.25) is 0 Å². The van der Waals surface area contributed by atoms with E-state index in [0.717, 1.165) is 6.42 Å². The van der Waals surface area contributed by atoms with Gasteiger partial charge in [-0.1, -0.05) is 32.9 Å². The lowest BCUT2D eigenvalue weighted by Gasteiger charge is -2.32.